The number of carbonyl (C=O) groups excluding carboxylic acids is 1. The second-order valence-corrected chi connectivity index (χ2v) is 5.47. The van der Waals surface area contributed by atoms with Crippen LogP contribution in [-0.2, 0) is 4.79 Å². The third-order valence-electron chi connectivity index (χ3n) is 3.41. The van der Waals surface area contributed by atoms with Gasteiger partial charge in [0.2, 0.25) is 5.88 Å². The van der Waals surface area contributed by atoms with Gasteiger partial charge >= 0.3 is 0 Å². The van der Waals surface area contributed by atoms with E-state index in [2.05, 4.69) is 15.6 Å². The lowest BCUT2D eigenvalue weighted by Crippen LogP contribution is -2.30. The number of aromatic nitrogens is 3. The Kier molecular flexibility index (Phi) is 4.33. The normalized spacial score (nSPS) is 12.0. The molecule has 0 aliphatic rings. The average molecular weight is 326 g/mol. The Morgan fingerprint density at radius 1 is 1.29 bits per heavy atom. The minimum atomic E-state index is -0.722. The Balaban J connectivity index is 1.69. The number of anilines is 1. The van der Waals surface area contributed by atoms with Crippen LogP contribution in [-0.4, -0.2) is 26.9 Å². The van der Waals surface area contributed by atoms with Gasteiger partial charge in [0, 0.05) is 17.8 Å². The maximum Gasteiger partial charge on any atom is 0.266 e. The fourth-order valence-electron chi connectivity index (χ4n) is 2.15. The topological polar surface area (TPSA) is 82.2 Å². The first-order valence-electron chi connectivity index (χ1n) is 7.55. The second-order valence-electron chi connectivity index (χ2n) is 5.47. The number of amides is 1. The van der Waals surface area contributed by atoms with Gasteiger partial charge in [0.05, 0.1) is 5.69 Å². The summed E-state index contributed by atoms with van der Waals surface area (Å²) in [6.45, 7) is 5.29. The van der Waals surface area contributed by atoms with Crippen LogP contribution in [0.5, 0.6) is 5.88 Å². The van der Waals surface area contributed by atoms with Crippen molar-refractivity contribution in [2.45, 2.75) is 26.9 Å². The molecule has 0 spiro atoms. The van der Waals surface area contributed by atoms with Crippen LogP contribution in [0.2, 0.25) is 0 Å². The Labute approximate surface area is 139 Å². The molecule has 124 valence electrons. The molecule has 3 aromatic rings. The van der Waals surface area contributed by atoms with Crippen molar-refractivity contribution >= 4 is 11.7 Å². The molecule has 2 heterocycles. The molecule has 0 bridgehead atoms. The lowest BCUT2D eigenvalue weighted by Gasteiger charge is -2.12. The lowest BCUT2D eigenvalue weighted by molar-refractivity contribution is -0.122. The summed E-state index contributed by atoms with van der Waals surface area (Å²) in [4.78, 5) is 12.2. The van der Waals surface area contributed by atoms with Gasteiger partial charge in [-0.25, -0.2) is 4.68 Å². The van der Waals surface area contributed by atoms with Gasteiger partial charge in [0.25, 0.3) is 5.91 Å². The summed E-state index contributed by atoms with van der Waals surface area (Å²) in [6, 6.07) is 11.3. The molecule has 0 aliphatic heterocycles. The third kappa shape index (κ3) is 3.45. The summed E-state index contributed by atoms with van der Waals surface area (Å²) >= 11 is 0. The van der Waals surface area contributed by atoms with Gasteiger partial charge in [0.15, 0.2) is 11.9 Å². The number of ether oxygens (including phenoxy) is 1. The predicted molar refractivity (Wildman–Crippen MR) is 88.3 cm³/mol. The van der Waals surface area contributed by atoms with Crippen molar-refractivity contribution < 1.29 is 14.1 Å². The minimum absolute atomic E-state index is 0.322. The predicted octanol–water partition coefficient (Wildman–Crippen LogP) is 2.88. The lowest BCUT2D eigenvalue weighted by atomic mass is 10.3. The Bertz CT molecular complexity index is 839. The zero-order valence-electron chi connectivity index (χ0n) is 13.7. The molecular weight excluding hydrogens is 308 g/mol. The zero-order valence-corrected chi connectivity index (χ0v) is 13.7. The molecule has 0 aliphatic carbocycles. The highest BCUT2D eigenvalue weighted by atomic mass is 16.5. The quantitative estimate of drug-likeness (QED) is 0.779. The van der Waals surface area contributed by atoms with E-state index < -0.39 is 6.10 Å². The third-order valence-corrected chi connectivity index (χ3v) is 3.41. The molecule has 1 N–H and O–H groups in total. The van der Waals surface area contributed by atoms with Crippen LogP contribution in [0.3, 0.4) is 0 Å². The summed E-state index contributed by atoms with van der Waals surface area (Å²) in [5.41, 5.74) is 1.77. The molecular formula is C17H18N4O3. The van der Waals surface area contributed by atoms with Crippen molar-refractivity contribution in [3.8, 4) is 11.6 Å². The number of hydrogen-bond donors (Lipinski definition) is 1. The number of rotatable bonds is 5. The first kappa shape index (κ1) is 15.8. The van der Waals surface area contributed by atoms with E-state index in [0.29, 0.717) is 17.5 Å². The summed E-state index contributed by atoms with van der Waals surface area (Å²) in [5, 5.41) is 10.8. The highest BCUT2D eigenvalue weighted by Gasteiger charge is 2.19. The largest absolute Gasteiger partial charge is 0.463 e. The molecule has 1 amide bonds. The molecule has 0 radical (unpaired) electrons. The summed E-state index contributed by atoms with van der Waals surface area (Å²) in [7, 11) is 0. The van der Waals surface area contributed by atoms with E-state index in [-0.39, 0.29) is 5.91 Å². The number of benzene rings is 1. The molecule has 0 fully saturated rings. The van der Waals surface area contributed by atoms with Gasteiger partial charge in [-0.05, 0) is 32.9 Å². The zero-order chi connectivity index (χ0) is 17.1. The monoisotopic (exact) mass is 326 g/mol. The van der Waals surface area contributed by atoms with Crippen molar-refractivity contribution in [3.63, 3.8) is 0 Å². The number of carbonyl (C=O) groups is 1. The van der Waals surface area contributed by atoms with Crippen LogP contribution in [0.1, 0.15) is 18.2 Å². The molecule has 3 rings (SSSR count). The highest BCUT2D eigenvalue weighted by Crippen LogP contribution is 2.19. The summed E-state index contributed by atoms with van der Waals surface area (Å²) in [6.07, 6.45) is 1.14. The van der Waals surface area contributed by atoms with Crippen molar-refractivity contribution in [1.29, 1.82) is 0 Å². The van der Waals surface area contributed by atoms with Crippen LogP contribution in [0.15, 0.2) is 47.1 Å². The van der Waals surface area contributed by atoms with Gasteiger partial charge < -0.3 is 14.6 Å². The van der Waals surface area contributed by atoms with E-state index in [0.717, 1.165) is 11.3 Å². The number of nitrogens with one attached hydrogen (secondary N) is 1. The van der Waals surface area contributed by atoms with Gasteiger partial charge in [-0.1, -0.05) is 23.4 Å². The minimum Gasteiger partial charge on any atom is -0.463 e. The van der Waals surface area contributed by atoms with E-state index in [1.54, 1.807) is 24.6 Å². The van der Waals surface area contributed by atoms with Crippen LogP contribution in [0.4, 0.5) is 5.82 Å². The maximum atomic E-state index is 12.2. The van der Waals surface area contributed by atoms with Crippen molar-refractivity contribution in [2.75, 3.05) is 5.32 Å². The average Bonchev–Trinajstić information content (AvgIpc) is 3.14. The first-order chi connectivity index (χ1) is 11.5. The standard InChI is InChI=1S/C17H18N4O3/c1-11-10-21(14-7-5-4-6-8-14)19-17(11)23-13(3)16(22)18-15-9-12(2)24-20-15/h4-10,13H,1-3H3,(H,18,20,22)/t13-/m0/s1. The summed E-state index contributed by atoms with van der Waals surface area (Å²) in [5.74, 6) is 1.07. The summed E-state index contributed by atoms with van der Waals surface area (Å²) < 4.78 is 12.3. The Hall–Kier alpha value is -3.09. The SMILES string of the molecule is Cc1cc(NC(=O)[C@H](C)Oc2nn(-c3ccccc3)cc2C)no1. The molecule has 1 atom stereocenters. The van der Waals surface area contributed by atoms with Crippen LogP contribution in [0, 0.1) is 13.8 Å². The van der Waals surface area contributed by atoms with E-state index >= 15 is 0 Å². The number of nitrogens with zero attached hydrogens (tertiary/aromatic N) is 3. The molecule has 0 saturated heterocycles. The van der Waals surface area contributed by atoms with Crippen molar-refractivity contribution in [3.05, 3.63) is 53.9 Å². The van der Waals surface area contributed by atoms with Crippen LogP contribution < -0.4 is 10.1 Å². The van der Waals surface area contributed by atoms with E-state index in [4.69, 9.17) is 9.26 Å². The van der Waals surface area contributed by atoms with E-state index in [1.165, 1.54) is 0 Å². The highest BCUT2D eigenvalue weighted by molar-refractivity contribution is 5.93. The number of hydrogen-bond acceptors (Lipinski definition) is 5. The Morgan fingerprint density at radius 3 is 2.71 bits per heavy atom. The fourth-order valence-corrected chi connectivity index (χ4v) is 2.15. The van der Waals surface area contributed by atoms with Crippen molar-refractivity contribution in [2.24, 2.45) is 0 Å². The smallest absolute Gasteiger partial charge is 0.266 e. The Morgan fingerprint density at radius 2 is 2.04 bits per heavy atom. The fraction of sp³-hybridized carbons (Fsp3) is 0.235. The van der Waals surface area contributed by atoms with Gasteiger partial charge in [0.1, 0.15) is 5.76 Å². The first-order valence-corrected chi connectivity index (χ1v) is 7.55. The van der Waals surface area contributed by atoms with Gasteiger partial charge in [-0.2, -0.15) is 0 Å². The van der Waals surface area contributed by atoms with E-state index in [9.17, 15) is 4.79 Å². The molecule has 24 heavy (non-hydrogen) atoms. The molecule has 2 aromatic heterocycles. The number of para-hydroxylation sites is 1. The molecule has 1 aromatic carbocycles. The van der Waals surface area contributed by atoms with Gasteiger partial charge in [-0.3, -0.25) is 4.79 Å². The molecule has 0 saturated carbocycles. The molecule has 7 heteroatoms. The second kappa shape index (κ2) is 6.57. The van der Waals surface area contributed by atoms with Gasteiger partial charge in [-0.15, -0.1) is 5.10 Å². The number of aryl methyl sites for hydroxylation is 2. The van der Waals surface area contributed by atoms with Crippen molar-refractivity contribution in [1.82, 2.24) is 14.9 Å². The molecule has 7 nitrogen and oxygen atoms in total. The van der Waals surface area contributed by atoms with E-state index in [1.807, 2.05) is 43.5 Å². The maximum absolute atomic E-state index is 12.2. The van der Waals surface area contributed by atoms with Crippen LogP contribution >= 0.6 is 0 Å². The molecule has 0 unspecified atom stereocenters. The van der Waals surface area contributed by atoms with Crippen LogP contribution in [0.25, 0.3) is 5.69 Å².